The van der Waals surface area contributed by atoms with Gasteiger partial charge in [-0.25, -0.2) is 9.59 Å². The van der Waals surface area contributed by atoms with Gasteiger partial charge in [0.2, 0.25) is 0 Å². The second kappa shape index (κ2) is 13.9. The minimum absolute atomic E-state index is 0.370. The van der Waals surface area contributed by atoms with Crippen LogP contribution in [0.4, 0.5) is 0 Å². The Labute approximate surface area is 143 Å². The summed E-state index contributed by atoms with van der Waals surface area (Å²) in [5.74, 6) is -2.51. The number of aliphatic carboxylic acids is 2. The molecule has 0 aromatic heterocycles. The second-order valence-electron chi connectivity index (χ2n) is 6.17. The molecule has 0 radical (unpaired) electrons. The predicted octanol–water partition coefficient (Wildman–Crippen LogP) is 1.80. The summed E-state index contributed by atoms with van der Waals surface area (Å²) in [5.41, 5.74) is 0. The fraction of sp³-hybridized carbons (Fsp3) is 0.765. The van der Waals surface area contributed by atoms with Gasteiger partial charge in [-0.3, -0.25) is 0 Å². The molecule has 0 heterocycles. The Morgan fingerprint density at radius 3 is 2.00 bits per heavy atom. The number of hydrogen-bond donors (Lipinski definition) is 4. The zero-order chi connectivity index (χ0) is 18.4. The first kappa shape index (κ1) is 22.6. The molecule has 4 N–H and O–H groups in total. The van der Waals surface area contributed by atoms with Crippen molar-refractivity contribution in [2.45, 2.75) is 70.6 Å². The first-order valence-corrected chi connectivity index (χ1v) is 8.48. The standard InChI is InChI=1S/C13H27NO2.C4H4O4/c1-11(2)14-9-12(15)10-16-13-7-5-3-4-6-8-13;5-3(6)1-2-4(7)8/h11-15H,3-10H2,1-2H3;1-2H,(H,5,6)(H,7,8). The van der Waals surface area contributed by atoms with E-state index in [9.17, 15) is 14.7 Å². The van der Waals surface area contributed by atoms with E-state index >= 15 is 0 Å². The van der Waals surface area contributed by atoms with E-state index in [0.29, 0.717) is 37.4 Å². The third-order valence-electron chi connectivity index (χ3n) is 3.46. The molecule has 7 nitrogen and oxygen atoms in total. The highest BCUT2D eigenvalue weighted by molar-refractivity contribution is 5.89. The van der Waals surface area contributed by atoms with Gasteiger partial charge in [0.05, 0.1) is 18.8 Å². The first-order chi connectivity index (χ1) is 11.3. The van der Waals surface area contributed by atoms with E-state index in [4.69, 9.17) is 14.9 Å². The fourth-order valence-electron chi connectivity index (χ4n) is 2.23. The van der Waals surface area contributed by atoms with Gasteiger partial charge in [0.15, 0.2) is 0 Å². The van der Waals surface area contributed by atoms with Crippen LogP contribution in [0.5, 0.6) is 0 Å². The summed E-state index contributed by atoms with van der Waals surface area (Å²) < 4.78 is 5.77. The normalized spacial score (nSPS) is 17.2. The van der Waals surface area contributed by atoms with E-state index in [1.807, 2.05) is 0 Å². The van der Waals surface area contributed by atoms with Crippen LogP contribution in [0.25, 0.3) is 0 Å². The molecule has 0 aliphatic heterocycles. The summed E-state index contributed by atoms with van der Waals surface area (Å²) in [6.45, 7) is 5.27. The van der Waals surface area contributed by atoms with Gasteiger partial charge < -0.3 is 25.4 Å². The van der Waals surface area contributed by atoms with Crippen LogP contribution in [0, 0.1) is 0 Å². The number of carboxylic acid groups (broad SMARTS) is 2. The van der Waals surface area contributed by atoms with Crippen LogP contribution in [-0.2, 0) is 14.3 Å². The lowest BCUT2D eigenvalue weighted by Crippen LogP contribution is -2.35. The molecule has 1 aliphatic rings. The van der Waals surface area contributed by atoms with E-state index in [-0.39, 0.29) is 6.10 Å². The number of hydrogen-bond acceptors (Lipinski definition) is 5. The van der Waals surface area contributed by atoms with Gasteiger partial charge in [0.25, 0.3) is 0 Å². The first-order valence-electron chi connectivity index (χ1n) is 8.48. The van der Waals surface area contributed by atoms with Crippen LogP contribution < -0.4 is 5.32 Å². The lowest BCUT2D eigenvalue weighted by atomic mass is 10.1. The smallest absolute Gasteiger partial charge is 0.328 e. The highest BCUT2D eigenvalue weighted by Gasteiger charge is 2.14. The van der Waals surface area contributed by atoms with E-state index in [2.05, 4.69) is 19.2 Å². The molecule has 1 atom stereocenters. The molecule has 1 rings (SSSR count). The summed E-state index contributed by atoms with van der Waals surface area (Å²) in [6, 6.07) is 0.424. The molecule has 0 aromatic carbocycles. The van der Waals surface area contributed by atoms with E-state index < -0.39 is 11.9 Å². The van der Waals surface area contributed by atoms with Crippen molar-refractivity contribution in [3.8, 4) is 0 Å². The van der Waals surface area contributed by atoms with Crippen LogP contribution in [-0.4, -0.2) is 58.7 Å². The molecular formula is C17H31NO6. The van der Waals surface area contributed by atoms with Gasteiger partial charge in [-0.15, -0.1) is 0 Å². The zero-order valence-corrected chi connectivity index (χ0v) is 14.6. The Balaban J connectivity index is 0.000000561. The second-order valence-corrected chi connectivity index (χ2v) is 6.17. The maximum atomic E-state index is 9.71. The van der Waals surface area contributed by atoms with Gasteiger partial charge in [-0.2, -0.15) is 0 Å². The topological polar surface area (TPSA) is 116 Å². The van der Waals surface area contributed by atoms with Crippen molar-refractivity contribution in [3.63, 3.8) is 0 Å². The van der Waals surface area contributed by atoms with Crippen LogP contribution in [0.2, 0.25) is 0 Å². The molecule has 1 aliphatic carbocycles. The Hall–Kier alpha value is -1.44. The zero-order valence-electron chi connectivity index (χ0n) is 14.6. The monoisotopic (exact) mass is 345 g/mol. The highest BCUT2D eigenvalue weighted by atomic mass is 16.5. The van der Waals surface area contributed by atoms with Gasteiger partial charge >= 0.3 is 11.9 Å². The number of rotatable bonds is 8. The lowest BCUT2D eigenvalue weighted by Gasteiger charge is -2.19. The van der Waals surface area contributed by atoms with Crippen molar-refractivity contribution >= 4 is 11.9 Å². The molecule has 0 amide bonds. The third-order valence-corrected chi connectivity index (χ3v) is 3.46. The number of aliphatic hydroxyl groups excluding tert-OH is 1. The lowest BCUT2D eigenvalue weighted by molar-refractivity contribution is -0.134. The van der Waals surface area contributed by atoms with Crippen molar-refractivity contribution in [2.75, 3.05) is 13.2 Å². The number of carboxylic acids is 2. The number of nitrogens with one attached hydrogen (secondary N) is 1. The third kappa shape index (κ3) is 15.5. The Bertz CT molecular complexity index is 359. The summed E-state index contributed by atoms with van der Waals surface area (Å²) >= 11 is 0. The SMILES string of the molecule is CC(C)NCC(O)COC1CCCCCC1.O=C(O)C=CC(=O)O. The van der Waals surface area contributed by atoms with Gasteiger partial charge in [-0.1, -0.05) is 39.5 Å². The number of carbonyl (C=O) groups is 2. The van der Waals surface area contributed by atoms with Gasteiger partial charge in [0.1, 0.15) is 0 Å². The quantitative estimate of drug-likeness (QED) is 0.391. The van der Waals surface area contributed by atoms with Crippen LogP contribution in [0.3, 0.4) is 0 Å². The maximum absolute atomic E-state index is 9.71. The summed E-state index contributed by atoms with van der Waals surface area (Å²) in [6.07, 6.45) is 8.73. The van der Waals surface area contributed by atoms with E-state index in [1.165, 1.54) is 38.5 Å². The summed E-state index contributed by atoms with van der Waals surface area (Å²) in [7, 11) is 0. The van der Waals surface area contributed by atoms with E-state index in [0.717, 1.165) is 0 Å². The Morgan fingerprint density at radius 1 is 1.08 bits per heavy atom. The minimum Gasteiger partial charge on any atom is -0.478 e. The molecule has 140 valence electrons. The average molecular weight is 345 g/mol. The number of ether oxygens (including phenoxy) is 1. The van der Waals surface area contributed by atoms with Crippen LogP contribution in [0.1, 0.15) is 52.4 Å². The van der Waals surface area contributed by atoms with Crippen molar-refractivity contribution < 1.29 is 29.6 Å². The summed E-state index contributed by atoms with van der Waals surface area (Å²) in [4.78, 5) is 19.1. The van der Waals surface area contributed by atoms with Crippen molar-refractivity contribution in [2.24, 2.45) is 0 Å². The molecule has 1 saturated carbocycles. The molecule has 24 heavy (non-hydrogen) atoms. The Morgan fingerprint density at radius 2 is 1.58 bits per heavy atom. The van der Waals surface area contributed by atoms with E-state index in [1.54, 1.807) is 0 Å². The van der Waals surface area contributed by atoms with Crippen LogP contribution in [0.15, 0.2) is 12.2 Å². The predicted molar refractivity (Wildman–Crippen MR) is 91.0 cm³/mol. The molecule has 1 unspecified atom stereocenters. The van der Waals surface area contributed by atoms with Gasteiger partial charge in [0, 0.05) is 24.7 Å². The molecular weight excluding hydrogens is 314 g/mol. The Kier molecular flexibility index (Phi) is 13.1. The average Bonchev–Trinajstić information content (AvgIpc) is 2.78. The fourth-order valence-corrected chi connectivity index (χ4v) is 2.23. The largest absolute Gasteiger partial charge is 0.478 e. The molecule has 0 bridgehead atoms. The summed E-state index contributed by atoms with van der Waals surface area (Å²) in [5, 5.41) is 28.6. The van der Waals surface area contributed by atoms with Gasteiger partial charge in [-0.05, 0) is 12.8 Å². The van der Waals surface area contributed by atoms with Crippen molar-refractivity contribution in [1.29, 1.82) is 0 Å². The minimum atomic E-state index is -1.26. The molecule has 7 heteroatoms. The number of aliphatic hydroxyl groups is 1. The molecule has 0 spiro atoms. The molecule has 0 saturated heterocycles. The van der Waals surface area contributed by atoms with Crippen molar-refractivity contribution in [3.05, 3.63) is 12.2 Å². The van der Waals surface area contributed by atoms with Crippen molar-refractivity contribution in [1.82, 2.24) is 5.32 Å². The maximum Gasteiger partial charge on any atom is 0.328 e. The molecule has 1 fully saturated rings. The highest BCUT2D eigenvalue weighted by Crippen LogP contribution is 2.19. The van der Waals surface area contributed by atoms with Crippen LogP contribution >= 0.6 is 0 Å². The molecule has 0 aromatic rings.